The van der Waals surface area contributed by atoms with Gasteiger partial charge in [-0.3, -0.25) is 0 Å². The Morgan fingerprint density at radius 3 is 1.16 bits per heavy atom. The molecule has 6 aromatic heterocycles. The van der Waals surface area contributed by atoms with Gasteiger partial charge in [-0.2, -0.15) is 35.0 Å². The summed E-state index contributed by atoms with van der Waals surface area (Å²) in [7, 11) is 0. The predicted molar refractivity (Wildman–Crippen MR) is 229 cm³/mol. The predicted octanol–water partition coefficient (Wildman–Crippen LogP) is 11.3. The van der Waals surface area contributed by atoms with E-state index in [9.17, 15) is 0 Å². The van der Waals surface area contributed by atoms with Gasteiger partial charge in [0.25, 0.3) is 0 Å². The molecule has 9 nitrogen and oxygen atoms in total. The summed E-state index contributed by atoms with van der Waals surface area (Å²) in [4.78, 5) is 18.2. The molecule has 61 heavy (non-hydrogen) atoms. The Hall–Kier alpha value is -6.92. The Labute approximate surface area is 380 Å². The molecular weight excluding hydrogens is 1120 g/mol. The number of hydrogen-bond donors (Lipinski definition) is 0. The summed E-state index contributed by atoms with van der Waals surface area (Å²) in [6.07, 6.45) is 3.36. The van der Waals surface area contributed by atoms with Gasteiger partial charge in [0.15, 0.2) is 0 Å². The van der Waals surface area contributed by atoms with Crippen LogP contribution in [0.3, 0.4) is 0 Å². The second kappa shape index (κ2) is 15.6. The first-order valence-corrected chi connectivity index (χ1v) is 18.9. The fraction of sp³-hybridized carbons (Fsp3) is 0. The van der Waals surface area contributed by atoms with Crippen molar-refractivity contribution in [1.29, 1.82) is 0 Å². The second-order valence-electron chi connectivity index (χ2n) is 13.9. The number of ether oxygens (including phenoxy) is 2. The summed E-state index contributed by atoms with van der Waals surface area (Å²) in [5.41, 5.74) is 4.82. The molecule has 0 bridgehead atoms. The topological polar surface area (TPSA) is 84.8 Å². The average Bonchev–Trinajstić information content (AvgIpc) is 3.91. The van der Waals surface area contributed by atoms with Crippen LogP contribution in [0.1, 0.15) is 2.74 Å². The third-order valence-electron chi connectivity index (χ3n) is 10.5. The normalized spacial score (nSPS) is 11.8. The van der Waals surface area contributed by atoms with Crippen molar-refractivity contribution in [3.05, 3.63) is 189 Å². The standard InChI is InChI=1S/C50H27N7O2.2Pt/c1-3-12-42-36(10-1)38-20-16-32(28-44(38)55(42)48-14-5-7-24-51-48)58-34-18-22-40-41-23-19-35(31-47(41)57(46(40)30-34)50-53-26-9-27-54-50)59-33-17-21-39-37-11-2-4-13-43(37)56(45(39)29-33)49-15-6-8-25-52-49;;/h1-27H;;/q-4;2*+2/i26D,27D;;. The summed E-state index contributed by atoms with van der Waals surface area (Å²) in [6.45, 7) is 0. The molecule has 0 aliphatic carbocycles. The maximum atomic E-state index is 8.37. The Balaban J connectivity index is 0.00000236. The zero-order valence-corrected chi connectivity index (χ0v) is 36.1. The fourth-order valence-corrected chi connectivity index (χ4v) is 8.03. The van der Waals surface area contributed by atoms with Gasteiger partial charge >= 0.3 is 42.1 Å². The van der Waals surface area contributed by atoms with Crippen LogP contribution < -0.4 is 9.47 Å². The molecule has 0 spiro atoms. The SMILES string of the molecule is [2H]c1cc([2H])nc(-n2c3[c-]c(Oc4[c-]c5c(cc4)c4ccccc4n5-c4ccccn4)ccc3c3ccc(Oc4[c-]c5c(cc4)c4ccccc4n5-c4ccccn4)[c-]c32)n1.[Pt+2].[Pt+2]. The van der Waals surface area contributed by atoms with E-state index in [4.69, 9.17) is 12.2 Å². The summed E-state index contributed by atoms with van der Waals surface area (Å²) in [5.74, 6) is 3.49. The van der Waals surface area contributed by atoms with Crippen LogP contribution in [0.2, 0.25) is 0 Å². The van der Waals surface area contributed by atoms with Gasteiger partial charge in [-0.15, -0.1) is 59.3 Å². The number of hydrogen-bond acceptors (Lipinski definition) is 6. The van der Waals surface area contributed by atoms with Crippen LogP contribution in [0.5, 0.6) is 23.0 Å². The van der Waals surface area contributed by atoms with E-state index >= 15 is 0 Å². The minimum Gasteiger partial charge on any atom is -0.509 e. The third-order valence-corrected chi connectivity index (χ3v) is 10.5. The van der Waals surface area contributed by atoms with Gasteiger partial charge in [0.1, 0.15) is 11.6 Å². The van der Waals surface area contributed by atoms with E-state index in [-0.39, 0.29) is 60.4 Å². The van der Waals surface area contributed by atoms with Crippen molar-refractivity contribution in [3.8, 4) is 40.6 Å². The molecule has 0 N–H and O–H groups in total. The van der Waals surface area contributed by atoms with E-state index in [2.05, 4.69) is 77.6 Å². The largest absolute Gasteiger partial charge is 2.00 e. The van der Waals surface area contributed by atoms with Crippen molar-refractivity contribution in [2.24, 2.45) is 0 Å². The first-order valence-electron chi connectivity index (χ1n) is 19.9. The average molecular weight is 1150 g/mol. The second-order valence-corrected chi connectivity index (χ2v) is 13.9. The molecule has 6 aromatic carbocycles. The molecule has 0 amide bonds. The smallest absolute Gasteiger partial charge is 0.509 e. The molecule has 0 atom stereocenters. The van der Waals surface area contributed by atoms with Crippen molar-refractivity contribution in [3.63, 3.8) is 0 Å². The zero-order chi connectivity index (χ0) is 40.6. The third kappa shape index (κ3) is 6.40. The van der Waals surface area contributed by atoms with Crippen molar-refractivity contribution in [2.75, 3.05) is 0 Å². The van der Waals surface area contributed by atoms with E-state index in [1.54, 1.807) is 17.0 Å². The minimum absolute atomic E-state index is 0. The molecule has 0 aliphatic heterocycles. The van der Waals surface area contributed by atoms with Crippen molar-refractivity contribution in [1.82, 2.24) is 33.6 Å². The molecule has 11 heteroatoms. The number of benzene rings is 6. The Morgan fingerprint density at radius 2 is 0.754 bits per heavy atom. The van der Waals surface area contributed by atoms with Crippen LogP contribution in [0.4, 0.5) is 0 Å². The number of aromatic nitrogens is 7. The van der Waals surface area contributed by atoms with Crippen LogP contribution in [-0.2, 0) is 42.1 Å². The van der Waals surface area contributed by atoms with Gasteiger partial charge in [0.05, 0.1) is 2.74 Å². The number of rotatable bonds is 7. The van der Waals surface area contributed by atoms with E-state index < -0.39 is 0 Å². The number of pyridine rings is 2. The van der Waals surface area contributed by atoms with Crippen molar-refractivity contribution in [2.45, 2.75) is 0 Å². The van der Waals surface area contributed by atoms with E-state index in [1.165, 1.54) is 6.07 Å². The summed E-state index contributed by atoms with van der Waals surface area (Å²) >= 11 is 0. The van der Waals surface area contributed by atoms with E-state index in [0.29, 0.717) is 34.0 Å². The quantitative estimate of drug-likeness (QED) is 0.148. The molecule has 0 fully saturated rings. The maximum absolute atomic E-state index is 8.37. The molecule has 294 valence electrons. The molecule has 0 aliphatic rings. The molecule has 6 heterocycles. The van der Waals surface area contributed by atoms with Gasteiger partial charge in [-0.05, 0) is 53.2 Å². The molecule has 12 aromatic rings. The monoisotopic (exact) mass is 1150 g/mol. The molecule has 0 unspecified atom stereocenters. The summed E-state index contributed by atoms with van der Waals surface area (Å²) in [6, 6.07) is 58.7. The van der Waals surface area contributed by atoms with Crippen LogP contribution in [0, 0.1) is 24.3 Å². The van der Waals surface area contributed by atoms with Crippen LogP contribution in [-0.4, -0.2) is 33.6 Å². The first-order chi connectivity index (χ1) is 30.0. The first kappa shape index (κ1) is 36.0. The Bertz CT molecular complexity index is 3470. The van der Waals surface area contributed by atoms with Gasteiger partial charge < -0.3 is 23.2 Å². The van der Waals surface area contributed by atoms with Crippen LogP contribution in [0.25, 0.3) is 83.0 Å². The fourth-order valence-electron chi connectivity index (χ4n) is 8.03. The summed E-state index contributed by atoms with van der Waals surface area (Å²) in [5, 5.41) is 5.84. The zero-order valence-electron chi connectivity index (χ0n) is 33.5. The number of para-hydroxylation sites is 2. The summed E-state index contributed by atoms with van der Waals surface area (Å²) < 4.78 is 35.6. The van der Waals surface area contributed by atoms with Crippen molar-refractivity contribution < 1.29 is 54.3 Å². The Kier molecular flexibility index (Phi) is 9.20. The van der Waals surface area contributed by atoms with Gasteiger partial charge in [-0.25, -0.2) is 19.9 Å². The number of fused-ring (bicyclic) bond motifs is 9. The molecular formula is C50H27N7O2Pt2. The maximum Gasteiger partial charge on any atom is 2.00 e. The Morgan fingerprint density at radius 1 is 0.377 bits per heavy atom. The molecule has 0 saturated carbocycles. The van der Waals surface area contributed by atoms with Crippen LogP contribution in [0.15, 0.2) is 164 Å². The van der Waals surface area contributed by atoms with E-state index in [0.717, 1.165) is 66.0 Å². The molecule has 0 saturated heterocycles. The van der Waals surface area contributed by atoms with Crippen molar-refractivity contribution >= 4 is 65.4 Å². The number of nitrogens with zero attached hydrogens (tertiary/aromatic N) is 7. The van der Waals surface area contributed by atoms with E-state index in [1.807, 2.05) is 109 Å². The molecule has 12 rings (SSSR count). The van der Waals surface area contributed by atoms with Gasteiger partial charge in [0, 0.05) is 58.8 Å². The van der Waals surface area contributed by atoms with Gasteiger partial charge in [0.2, 0.25) is 5.95 Å². The molecule has 0 radical (unpaired) electrons. The van der Waals surface area contributed by atoms with Crippen LogP contribution >= 0.6 is 0 Å². The minimum atomic E-state index is -0.0952. The van der Waals surface area contributed by atoms with Gasteiger partial charge in [-0.1, -0.05) is 70.6 Å².